The number of nitrogens with zero attached hydrogens (tertiary/aromatic N) is 4. The quantitative estimate of drug-likeness (QED) is 0.836. The molecule has 1 aliphatic rings. The standard InChI is InChI=1S/C20H26N4O2/c1-5-24-14-21-18(22-24)17-8-6-15(7-9-17)16-10-12-23(13-11-16)19(25)26-20(2,3)4/h6-10,14H,5,11-13H2,1-4H3. The third-order valence-corrected chi connectivity index (χ3v) is 4.24. The smallest absolute Gasteiger partial charge is 0.410 e. The Hall–Kier alpha value is -2.63. The van der Waals surface area contributed by atoms with Crippen LogP contribution < -0.4 is 0 Å². The summed E-state index contributed by atoms with van der Waals surface area (Å²) < 4.78 is 7.25. The number of carbonyl (C=O) groups excluding carboxylic acids is 1. The van der Waals surface area contributed by atoms with E-state index >= 15 is 0 Å². The highest BCUT2D eigenvalue weighted by atomic mass is 16.6. The maximum Gasteiger partial charge on any atom is 0.410 e. The van der Waals surface area contributed by atoms with Crippen LogP contribution in [0.25, 0.3) is 17.0 Å². The van der Waals surface area contributed by atoms with E-state index < -0.39 is 5.60 Å². The zero-order chi connectivity index (χ0) is 18.7. The Morgan fingerprint density at radius 3 is 2.42 bits per heavy atom. The molecule has 0 spiro atoms. The number of ether oxygens (including phenoxy) is 1. The van der Waals surface area contributed by atoms with Crippen molar-refractivity contribution in [3.05, 3.63) is 42.2 Å². The molecule has 1 aliphatic heterocycles. The molecule has 0 fully saturated rings. The minimum absolute atomic E-state index is 0.249. The fourth-order valence-corrected chi connectivity index (χ4v) is 2.84. The van der Waals surface area contributed by atoms with Crippen molar-refractivity contribution in [2.45, 2.75) is 46.3 Å². The first-order valence-corrected chi connectivity index (χ1v) is 9.03. The Bertz CT molecular complexity index is 800. The fourth-order valence-electron chi connectivity index (χ4n) is 2.84. The molecule has 1 amide bonds. The summed E-state index contributed by atoms with van der Waals surface area (Å²) in [4.78, 5) is 18.2. The summed E-state index contributed by atoms with van der Waals surface area (Å²) in [5, 5.41) is 4.43. The fraction of sp³-hybridized carbons (Fsp3) is 0.450. The summed E-state index contributed by atoms with van der Waals surface area (Å²) >= 11 is 0. The van der Waals surface area contributed by atoms with Crippen LogP contribution in [0.15, 0.2) is 36.7 Å². The van der Waals surface area contributed by atoms with Crippen molar-refractivity contribution in [3.63, 3.8) is 0 Å². The van der Waals surface area contributed by atoms with Crippen LogP contribution in [-0.2, 0) is 11.3 Å². The molecule has 2 aromatic rings. The average molecular weight is 354 g/mol. The number of aromatic nitrogens is 3. The van der Waals surface area contributed by atoms with E-state index in [0.29, 0.717) is 13.1 Å². The van der Waals surface area contributed by atoms with Crippen molar-refractivity contribution in [2.75, 3.05) is 13.1 Å². The SMILES string of the molecule is CCn1cnc(-c2ccc(C3=CCN(C(=O)OC(C)(C)C)CC3)cc2)n1. The lowest BCUT2D eigenvalue weighted by atomic mass is 9.98. The van der Waals surface area contributed by atoms with E-state index in [-0.39, 0.29) is 6.09 Å². The second-order valence-corrected chi connectivity index (χ2v) is 7.41. The van der Waals surface area contributed by atoms with Crippen LogP contribution in [0.4, 0.5) is 4.79 Å². The lowest BCUT2D eigenvalue weighted by molar-refractivity contribution is 0.0270. The predicted molar refractivity (Wildman–Crippen MR) is 102 cm³/mol. The van der Waals surface area contributed by atoms with Gasteiger partial charge in [0.25, 0.3) is 0 Å². The number of benzene rings is 1. The zero-order valence-electron chi connectivity index (χ0n) is 15.9. The summed E-state index contributed by atoms with van der Waals surface area (Å²) in [6.07, 6.45) is 4.42. The Labute approximate surface area is 154 Å². The molecule has 0 saturated heterocycles. The molecule has 0 aliphatic carbocycles. The van der Waals surface area contributed by atoms with Gasteiger partial charge >= 0.3 is 6.09 Å². The van der Waals surface area contributed by atoms with Crippen LogP contribution in [0.1, 0.15) is 39.7 Å². The predicted octanol–water partition coefficient (Wildman–Crippen LogP) is 3.99. The maximum absolute atomic E-state index is 12.1. The maximum atomic E-state index is 12.1. The van der Waals surface area contributed by atoms with Crippen LogP contribution in [0.5, 0.6) is 0 Å². The van der Waals surface area contributed by atoms with E-state index in [4.69, 9.17) is 4.74 Å². The highest BCUT2D eigenvalue weighted by Gasteiger charge is 2.23. The van der Waals surface area contributed by atoms with Gasteiger partial charge in [-0.15, -0.1) is 0 Å². The van der Waals surface area contributed by atoms with Crippen LogP contribution in [-0.4, -0.2) is 44.4 Å². The number of aryl methyl sites for hydroxylation is 1. The van der Waals surface area contributed by atoms with Crippen molar-refractivity contribution in [3.8, 4) is 11.4 Å². The van der Waals surface area contributed by atoms with Gasteiger partial charge in [-0.2, -0.15) is 5.10 Å². The first-order chi connectivity index (χ1) is 12.4. The second kappa shape index (κ2) is 7.32. The van der Waals surface area contributed by atoms with Crippen molar-refractivity contribution in [1.82, 2.24) is 19.7 Å². The van der Waals surface area contributed by atoms with Gasteiger partial charge < -0.3 is 9.64 Å². The van der Waals surface area contributed by atoms with Gasteiger partial charge in [0.1, 0.15) is 11.9 Å². The molecule has 1 aromatic carbocycles. The number of hydrogen-bond acceptors (Lipinski definition) is 4. The van der Waals surface area contributed by atoms with E-state index in [9.17, 15) is 4.79 Å². The van der Waals surface area contributed by atoms with Crippen LogP contribution in [0.3, 0.4) is 0 Å². The molecule has 0 atom stereocenters. The third kappa shape index (κ3) is 4.31. The van der Waals surface area contributed by atoms with Crippen LogP contribution >= 0.6 is 0 Å². The third-order valence-electron chi connectivity index (χ3n) is 4.24. The van der Waals surface area contributed by atoms with E-state index in [2.05, 4.69) is 28.3 Å². The Morgan fingerprint density at radius 2 is 1.88 bits per heavy atom. The second-order valence-electron chi connectivity index (χ2n) is 7.41. The highest BCUT2D eigenvalue weighted by Crippen LogP contribution is 2.25. The molecule has 0 radical (unpaired) electrons. The Kier molecular flexibility index (Phi) is 5.11. The van der Waals surface area contributed by atoms with Crippen molar-refractivity contribution in [2.24, 2.45) is 0 Å². The summed E-state index contributed by atoms with van der Waals surface area (Å²) in [6, 6.07) is 8.28. The van der Waals surface area contributed by atoms with Gasteiger partial charge in [0.15, 0.2) is 5.82 Å². The molecule has 0 unspecified atom stereocenters. The minimum Gasteiger partial charge on any atom is -0.444 e. The van der Waals surface area contributed by atoms with Gasteiger partial charge in [-0.25, -0.2) is 9.78 Å². The summed E-state index contributed by atoms with van der Waals surface area (Å²) in [5.74, 6) is 0.743. The van der Waals surface area contributed by atoms with Crippen molar-refractivity contribution < 1.29 is 9.53 Å². The molecular formula is C20H26N4O2. The Morgan fingerprint density at radius 1 is 1.19 bits per heavy atom. The van der Waals surface area contributed by atoms with Gasteiger partial charge in [-0.3, -0.25) is 4.68 Å². The lowest BCUT2D eigenvalue weighted by Crippen LogP contribution is -2.39. The molecule has 6 nitrogen and oxygen atoms in total. The lowest BCUT2D eigenvalue weighted by Gasteiger charge is -2.29. The minimum atomic E-state index is -0.463. The molecule has 26 heavy (non-hydrogen) atoms. The van der Waals surface area contributed by atoms with Gasteiger partial charge in [0.2, 0.25) is 0 Å². The molecule has 0 bridgehead atoms. The van der Waals surface area contributed by atoms with Crippen LogP contribution in [0, 0.1) is 0 Å². The number of amides is 1. The number of rotatable bonds is 3. The average Bonchev–Trinajstić information content (AvgIpc) is 3.10. The first-order valence-electron chi connectivity index (χ1n) is 9.03. The number of carbonyl (C=O) groups is 1. The van der Waals surface area contributed by atoms with E-state index in [1.54, 1.807) is 11.2 Å². The topological polar surface area (TPSA) is 60.2 Å². The largest absolute Gasteiger partial charge is 0.444 e. The molecule has 2 heterocycles. The van der Waals surface area contributed by atoms with Gasteiger partial charge in [-0.05, 0) is 45.3 Å². The molecular weight excluding hydrogens is 328 g/mol. The van der Waals surface area contributed by atoms with Crippen molar-refractivity contribution >= 4 is 11.7 Å². The zero-order valence-corrected chi connectivity index (χ0v) is 15.9. The van der Waals surface area contributed by atoms with Gasteiger partial charge in [0, 0.05) is 25.2 Å². The Balaban J connectivity index is 1.66. The van der Waals surface area contributed by atoms with Crippen LogP contribution in [0.2, 0.25) is 0 Å². The molecule has 0 N–H and O–H groups in total. The summed E-state index contributed by atoms with van der Waals surface area (Å²) in [5.41, 5.74) is 2.97. The molecule has 1 aromatic heterocycles. The molecule has 0 saturated carbocycles. The molecule has 6 heteroatoms. The molecule has 3 rings (SSSR count). The summed E-state index contributed by atoms with van der Waals surface area (Å²) in [6.45, 7) is 9.76. The van der Waals surface area contributed by atoms with E-state index in [1.807, 2.05) is 44.5 Å². The van der Waals surface area contributed by atoms with E-state index in [0.717, 1.165) is 24.4 Å². The normalized spacial score (nSPS) is 14.9. The molecule has 138 valence electrons. The van der Waals surface area contributed by atoms with Gasteiger partial charge in [0.05, 0.1) is 0 Å². The van der Waals surface area contributed by atoms with Gasteiger partial charge in [-0.1, -0.05) is 30.3 Å². The van der Waals surface area contributed by atoms with Crippen molar-refractivity contribution in [1.29, 1.82) is 0 Å². The summed E-state index contributed by atoms with van der Waals surface area (Å²) in [7, 11) is 0. The number of hydrogen-bond donors (Lipinski definition) is 0. The van der Waals surface area contributed by atoms with E-state index in [1.165, 1.54) is 11.1 Å². The highest BCUT2D eigenvalue weighted by molar-refractivity contribution is 5.73. The first kappa shape index (κ1) is 18.2. The monoisotopic (exact) mass is 354 g/mol.